The first-order chi connectivity index (χ1) is 4.20. The second kappa shape index (κ2) is 3.73. The lowest BCUT2D eigenvalue weighted by Crippen LogP contribution is -2.29. The molecule has 5 heteroatoms. The number of nitrogens with one attached hydrogen (secondary N) is 1. The van der Waals surface area contributed by atoms with Gasteiger partial charge in [-0.2, -0.15) is 0 Å². The molecule has 1 aliphatic rings. The first-order valence-electron chi connectivity index (χ1n) is 2.80. The van der Waals surface area contributed by atoms with Crippen molar-refractivity contribution >= 4 is 18.4 Å². The largest absolute Gasteiger partial charge is 0.480 e. The highest BCUT2D eigenvalue weighted by Gasteiger charge is 2.28. The Morgan fingerprint density at radius 3 is 2.50 bits per heavy atom. The summed E-state index contributed by atoms with van der Waals surface area (Å²) in [5.74, 6) is -0.963. The Kier molecular flexibility index (Phi) is 3.60. The number of carboxylic acids is 1. The van der Waals surface area contributed by atoms with Gasteiger partial charge in [0.05, 0.1) is 0 Å². The highest BCUT2D eigenvalue weighted by molar-refractivity contribution is 5.85. The number of alkyl halides is 1. The van der Waals surface area contributed by atoms with Gasteiger partial charge in [0, 0.05) is 13.0 Å². The molecule has 0 spiro atoms. The molecular formula is C5H9ClFNO2. The summed E-state index contributed by atoms with van der Waals surface area (Å²) < 4.78 is 12.2. The number of carbonyl (C=O) groups is 1. The summed E-state index contributed by atoms with van der Waals surface area (Å²) in [6, 6.07) is -0.667. The van der Waals surface area contributed by atoms with Crippen LogP contribution in [-0.2, 0) is 4.79 Å². The van der Waals surface area contributed by atoms with Crippen molar-refractivity contribution in [2.24, 2.45) is 0 Å². The van der Waals surface area contributed by atoms with Crippen molar-refractivity contribution in [3.05, 3.63) is 0 Å². The van der Waals surface area contributed by atoms with Crippen molar-refractivity contribution in [2.45, 2.75) is 18.6 Å². The van der Waals surface area contributed by atoms with Crippen molar-refractivity contribution in [1.82, 2.24) is 5.32 Å². The molecule has 0 aromatic heterocycles. The lowest BCUT2D eigenvalue weighted by Gasteiger charge is -1.99. The van der Waals surface area contributed by atoms with E-state index in [1.165, 1.54) is 0 Å². The highest BCUT2D eigenvalue weighted by Crippen LogP contribution is 2.09. The fourth-order valence-electron chi connectivity index (χ4n) is 0.881. The lowest BCUT2D eigenvalue weighted by atomic mass is 10.3. The van der Waals surface area contributed by atoms with Crippen LogP contribution in [0.1, 0.15) is 6.42 Å². The lowest BCUT2D eigenvalue weighted by molar-refractivity contribution is -0.139. The van der Waals surface area contributed by atoms with Crippen LogP contribution in [0.5, 0.6) is 0 Å². The van der Waals surface area contributed by atoms with Gasteiger partial charge in [0.1, 0.15) is 12.2 Å². The smallest absolute Gasteiger partial charge is 0.320 e. The quantitative estimate of drug-likeness (QED) is 0.553. The average molecular weight is 171 g/mol. The zero-order valence-corrected chi connectivity index (χ0v) is 6.03. The van der Waals surface area contributed by atoms with Gasteiger partial charge in [0.2, 0.25) is 0 Å². The van der Waals surface area contributed by atoms with Crippen molar-refractivity contribution in [3.8, 4) is 0 Å². The number of rotatable bonds is 1. The summed E-state index contributed by atoms with van der Waals surface area (Å²) in [7, 11) is 0. The summed E-state index contributed by atoms with van der Waals surface area (Å²) in [5, 5.41) is 10.8. The van der Waals surface area contributed by atoms with E-state index in [4.69, 9.17) is 5.11 Å². The first-order valence-corrected chi connectivity index (χ1v) is 2.80. The van der Waals surface area contributed by atoms with E-state index in [9.17, 15) is 9.18 Å². The predicted octanol–water partition coefficient (Wildman–Crippen LogP) is 0.193. The summed E-state index contributed by atoms with van der Waals surface area (Å²) >= 11 is 0. The van der Waals surface area contributed by atoms with Crippen molar-refractivity contribution < 1.29 is 14.3 Å². The van der Waals surface area contributed by atoms with E-state index in [-0.39, 0.29) is 25.4 Å². The zero-order valence-electron chi connectivity index (χ0n) is 5.21. The Labute approximate surface area is 64.0 Å². The third-order valence-corrected chi connectivity index (χ3v) is 1.38. The van der Waals surface area contributed by atoms with Crippen molar-refractivity contribution in [3.63, 3.8) is 0 Å². The third kappa shape index (κ3) is 2.11. The Morgan fingerprint density at radius 1 is 1.70 bits per heavy atom. The standard InChI is InChI=1S/C5H8FNO2.ClH/c6-3-1-4(5(8)9)7-2-3;/h3-4,7H,1-2H2,(H,8,9);1H/t3-,4+;/m1./s1/i5+1;. The van der Waals surface area contributed by atoms with E-state index in [2.05, 4.69) is 5.32 Å². The minimum Gasteiger partial charge on any atom is -0.480 e. The van der Waals surface area contributed by atoms with Crippen LogP contribution in [0.15, 0.2) is 0 Å². The summed E-state index contributed by atoms with van der Waals surface area (Å²) in [4.78, 5) is 10.1. The zero-order chi connectivity index (χ0) is 6.85. The van der Waals surface area contributed by atoms with Gasteiger partial charge in [0.25, 0.3) is 0 Å². The Hall–Kier alpha value is -0.350. The molecule has 1 heterocycles. The van der Waals surface area contributed by atoms with E-state index >= 15 is 0 Å². The molecule has 0 aromatic rings. The molecule has 3 nitrogen and oxygen atoms in total. The van der Waals surface area contributed by atoms with Crippen LogP contribution in [0.3, 0.4) is 0 Å². The van der Waals surface area contributed by atoms with E-state index in [0.29, 0.717) is 0 Å². The second-order valence-electron chi connectivity index (χ2n) is 2.13. The van der Waals surface area contributed by atoms with Crippen molar-refractivity contribution in [2.75, 3.05) is 6.54 Å². The van der Waals surface area contributed by atoms with Crippen LogP contribution in [0.25, 0.3) is 0 Å². The highest BCUT2D eigenvalue weighted by atomic mass is 35.5. The third-order valence-electron chi connectivity index (χ3n) is 1.38. The van der Waals surface area contributed by atoms with Crippen LogP contribution >= 0.6 is 12.4 Å². The van der Waals surface area contributed by atoms with Crippen LogP contribution in [0, 0.1) is 0 Å². The molecule has 0 bridgehead atoms. The molecule has 1 fully saturated rings. The van der Waals surface area contributed by atoms with E-state index in [0.717, 1.165) is 0 Å². The average Bonchev–Trinajstić information content (AvgIpc) is 2.14. The number of hydrogen-bond acceptors (Lipinski definition) is 2. The minimum absolute atomic E-state index is 0. The summed E-state index contributed by atoms with van der Waals surface area (Å²) in [6.45, 7) is 0.178. The molecule has 2 N–H and O–H groups in total. The molecule has 0 unspecified atom stereocenters. The van der Waals surface area contributed by atoms with Crippen LogP contribution in [0.2, 0.25) is 0 Å². The molecule has 1 aliphatic heterocycles. The number of carboxylic acid groups (broad SMARTS) is 1. The topological polar surface area (TPSA) is 49.3 Å². The second-order valence-corrected chi connectivity index (χ2v) is 2.13. The maximum atomic E-state index is 12.2. The van der Waals surface area contributed by atoms with Crippen molar-refractivity contribution in [1.29, 1.82) is 0 Å². The fourth-order valence-corrected chi connectivity index (χ4v) is 0.881. The normalized spacial score (nSPS) is 31.3. The van der Waals surface area contributed by atoms with Gasteiger partial charge in [-0.25, -0.2) is 4.39 Å². The molecule has 0 saturated carbocycles. The van der Waals surface area contributed by atoms with Gasteiger partial charge in [-0.1, -0.05) is 0 Å². The molecule has 0 amide bonds. The molecule has 1 saturated heterocycles. The molecule has 0 aliphatic carbocycles. The van der Waals surface area contributed by atoms with Gasteiger partial charge in [0.15, 0.2) is 0 Å². The van der Waals surface area contributed by atoms with E-state index in [1.54, 1.807) is 0 Å². The molecule has 10 heavy (non-hydrogen) atoms. The molecular weight excluding hydrogens is 162 g/mol. The Morgan fingerprint density at radius 2 is 2.30 bits per heavy atom. The number of hydrogen-bond donors (Lipinski definition) is 2. The van der Waals surface area contributed by atoms with Crippen LogP contribution in [-0.4, -0.2) is 29.8 Å². The number of halogens is 2. The minimum atomic E-state index is -0.980. The van der Waals surface area contributed by atoms with Gasteiger partial charge in [-0.15, -0.1) is 12.4 Å². The molecule has 2 atom stereocenters. The first kappa shape index (κ1) is 9.65. The maximum Gasteiger partial charge on any atom is 0.320 e. The Balaban J connectivity index is 0.000000810. The van der Waals surface area contributed by atoms with E-state index in [1.807, 2.05) is 0 Å². The van der Waals surface area contributed by atoms with Gasteiger partial charge >= 0.3 is 5.97 Å². The fraction of sp³-hybridized carbons (Fsp3) is 0.800. The van der Waals surface area contributed by atoms with Crippen LogP contribution < -0.4 is 5.32 Å². The predicted molar refractivity (Wildman–Crippen MR) is 36.2 cm³/mol. The monoisotopic (exact) mass is 170 g/mol. The van der Waals surface area contributed by atoms with Gasteiger partial charge in [-0.3, -0.25) is 4.79 Å². The molecule has 0 radical (unpaired) electrons. The molecule has 1 rings (SSSR count). The Bertz CT molecular complexity index is 133. The molecule has 60 valence electrons. The maximum absolute atomic E-state index is 12.2. The number of aliphatic carboxylic acids is 1. The van der Waals surface area contributed by atoms with Gasteiger partial charge in [-0.05, 0) is 0 Å². The molecule has 0 aromatic carbocycles. The summed E-state index contributed by atoms with van der Waals surface area (Å²) in [5.41, 5.74) is 0. The summed E-state index contributed by atoms with van der Waals surface area (Å²) in [6.07, 6.45) is -0.874. The van der Waals surface area contributed by atoms with Crippen LogP contribution in [0.4, 0.5) is 4.39 Å². The van der Waals surface area contributed by atoms with E-state index < -0.39 is 18.2 Å². The van der Waals surface area contributed by atoms with Gasteiger partial charge < -0.3 is 10.4 Å². The SMILES string of the molecule is Cl.O=[13C](O)[C@@H]1C[C@@H](F)CN1.